The Labute approximate surface area is 137 Å². The van der Waals surface area contributed by atoms with Crippen LogP contribution < -0.4 is 24.4 Å². The van der Waals surface area contributed by atoms with Gasteiger partial charge in [-0.05, 0) is 30.3 Å². The fourth-order valence-corrected chi connectivity index (χ4v) is 2.72. The largest absolute Gasteiger partial charge is 0.493 e. The molecular weight excluding hydrogens is 312 g/mol. The molecule has 0 saturated heterocycles. The van der Waals surface area contributed by atoms with Crippen LogP contribution in [0.1, 0.15) is 0 Å². The third-order valence-electron chi connectivity index (χ3n) is 3.90. The van der Waals surface area contributed by atoms with Crippen LogP contribution in [0.25, 0.3) is 22.3 Å². The molecular formula is C18H14O6. The van der Waals surface area contributed by atoms with Gasteiger partial charge in [0.15, 0.2) is 28.3 Å². The van der Waals surface area contributed by atoms with Gasteiger partial charge in [-0.3, -0.25) is 4.79 Å². The number of ether oxygens (including phenoxy) is 4. The lowest BCUT2D eigenvalue weighted by atomic mass is 10.1. The number of hydrogen-bond acceptors (Lipinski definition) is 6. The van der Waals surface area contributed by atoms with Crippen molar-refractivity contribution in [2.24, 2.45) is 0 Å². The van der Waals surface area contributed by atoms with Gasteiger partial charge in [0, 0.05) is 11.6 Å². The summed E-state index contributed by atoms with van der Waals surface area (Å²) in [4.78, 5) is 12.5. The number of rotatable bonds is 3. The lowest BCUT2D eigenvalue weighted by Gasteiger charge is -2.10. The first-order valence-electron chi connectivity index (χ1n) is 7.30. The molecule has 6 nitrogen and oxygen atoms in total. The van der Waals surface area contributed by atoms with Crippen LogP contribution in [0, 0.1) is 0 Å². The van der Waals surface area contributed by atoms with E-state index in [1.54, 1.807) is 24.3 Å². The van der Waals surface area contributed by atoms with Gasteiger partial charge in [0.2, 0.25) is 12.5 Å². The van der Waals surface area contributed by atoms with E-state index in [2.05, 4.69) is 0 Å². The quantitative estimate of drug-likeness (QED) is 0.736. The van der Waals surface area contributed by atoms with E-state index in [1.807, 2.05) is 6.07 Å². The molecule has 3 aromatic rings. The zero-order valence-electron chi connectivity index (χ0n) is 13.1. The van der Waals surface area contributed by atoms with Crippen molar-refractivity contribution in [2.75, 3.05) is 21.0 Å². The number of methoxy groups -OCH3 is 2. The molecule has 0 N–H and O–H groups in total. The molecule has 1 aromatic heterocycles. The second kappa shape index (κ2) is 5.49. The molecule has 0 unspecified atom stereocenters. The Kier molecular flexibility index (Phi) is 3.30. The van der Waals surface area contributed by atoms with Gasteiger partial charge in [0.1, 0.15) is 5.76 Å². The Morgan fingerprint density at radius 1 is 0.958 bits per heavy atom. The minimum atomic E-state index is -0.162. The monoisotopic (exact) mass is 326 g/mol. The second-order valence-corrected chi connectivity index (χ2v) is 5.22. The maximum absolute atomic E-state index is 12.5. The van der Waals surface area contributed by atoms with Crippen LogP contribution in [-0.2, 0) is 0 Å². The van der Waals surface area contributed by atoms with Crippen molar-refractivity contribution in [1.82, 2.24) is 0 Å². The van der Waals surface area contributed by atoms with E-state index in [1.165, 1.54) is 20.3 Å². The number of fused-ring (bicyclic) bond motifs is 2. The Bertz CT molecular complexity index is 989. The average Bonchev–Trinajstić information content (AvgIpc) is 3.08. The van der Waals surface area contributed by atoms with Crippen molar-refractivity contribution in [3.05, 3.63) is 46.6 Å². The average molecular weight is 326 g/mol. The molecule has 122 valence electrons. The van der Waals surface area contributed by atoms with E-state index in [0.717, 1.165) is 0 Å². The molecule has 6 heteroatoms. The Hall–Kier alpha value is -3.15. The minimum absolute atomic E-state index is 0.162. The molecule has 2 heterocycles. The van der Waals surface area contributed by atoms with Crippen LogP contribution in [0.5, 0.6) is 23.0 Å². The molecule has 0 radical (unpaired) electrons. The predicted molar refractivity (Wildman–Crippen MR) is 87.1 cm³/mol. The summed E-state index contributed by atoms with van der Waals surface area (Å²) < 4.78 is 27.3. The van der Waals surface area contributed by atoms with Crippen molar-refractivity contribution in [1.29, 1.82) is 0 Å². The standard InChI is InChI=1S/C18H14O6/c1-20-14-6-4-11-12(19)8-15(24-17(11)18(14)21-2)10-3-5-13-16(7-10)23-9-22-13/h3-8H,9H2,1-2H3. The Morgan fingerprint density at radius 2 is 1.79 bits per heavy atom. The van der Waals surface area contributed by atoms with Crippen molar-refractivity contribution >= 4 is 11.0 Å². The molecule has 4 rings (SSSR count). The van der Waals surface area contributed by atoms with Crippen molar-refractivity contribution in [3.8, 4) is 34.3 Å². The fourth-order valence-electron chi connectivity index (χ4n) is 2.72. The zero-order valence-corrected chi connectivity index (χ0v) is 13.1. The van der Waals surface area contributed by atoms with Crippen LogP contribution in [-0.4, -0.2) is 21.0 Å². The van der Waals surface area contributed by atoms with Crippen LogP contribution in [0.2, 0.25) is 0 Å². The minimum Gasteiger partial charge on any atom is -0.493 e. The molecule has 0 saturated carbocycles. The molecule has 0 bridgehead atoms. The second-order valence-electron chi connectivity index (χ2n) is 5.22. The summed E-state index contributed by atoms with van der Waals surface area (Å²) in [6.45, 7) is 0.186. The third kappa shape index (κ3) is 2.15. The number of benzene rings is 2. The zero-order chi connectivity index (χ0) is 16.7. The van der Waals surface area contributed by atoms with Crippen molar-refractivity contribution < 1.29 is 23.4 Å². The van der Waals surface area contributed by atoms with Gasteiger partial charge in [-0.25, -0.2) is 0 Å². The van der Waals surface area contributed by atoms with Gasteiger partial charge in [-0.15, -0.1) is 0 Å². The smallest absolute Gasteiger partial charge is 0.231 e. The van der Waals surface area contributed by atoms with Gasteiger partial charge >= 0.3 is 0 Å². The van der Waals surface area contributed by atoms with Gasteiger partial charge in [0.25, 0.3) is 0 Å². The highest BCUT2D eigenvalue weighted by molar-refractivity contribution is 5.86. The summed E-state index contributed by atoms with van der Waals surface area (Å²) in [6, 6.07) is 10.2. The lowest BCUT2D eigenvalue weighted by molar-refractivity contribution is 0.174. The summed E-state index contributed by atoms with van der Waals surface area (Å²) in [5, 5.41) is 0.428. The van der Waals surface area contributed by atoms with E-state index >= 15 is 0 Å². The van der Waals surface area contributed by atoms with Crippen LogP contribution in [0.4, 0.5) is 0 Å². The van der Waals surface area contributed by atoms with Gasteiger partial charge in [-0.2, -0.15) is 0 Å². The SMILES string of the molecule is COc1ccc2c(=O)cc(-c3ccc4c(c3)OCO4)oc2c1OC. The summed E-state index contributed by atoms with van der Waals surface area (Å²) >= 11 is 0. The Balaban J connectivity index is 1.95. The Morgan fingerprint density at radius 3 is 2.58 bits per heavy atom. The highest BCUT2D eigenvalue weighted by Gasteiger charge is 2.18. The normalized spacial score (nSPS) is 12.4. The number of hydrogen-bond donors (Lipinski definition) is 0. The van der Waals surface area contributed by atoms with Gasteiger partial charge in [0.05, 0.1) is 19.6 Å². The fraction of sp³-hybridized carbons (Fsp3) is 0.167. The highest BCUT2D eigenvalue weighted by atomic mass is 16.7. The first-order valence-corrected chi connectivity index (χ1v) is 7.30. The molecule has 0 amide bonds. The van der Waals surface area contributed by atoms with Crippen molar-refractivity contribution in [2.45, 2.75) is 0 Å². The topological polar surface area (TPSA) is 67.1 Å². The molecule has 0 spiro atoms. The van der Waals surface area contributed by atoms with E-state index in [4.69, 9.17) is 23.4 Å². The third-order valence-corrected chi connectivity index (χ3v) is 3.90. The summed E-state index contributed by atoms with van der Waals surface area (Å²) in [6.07, 6.45) is 0. The van der Waals surface area contributed by atoms with E-state index in [9.17, 15) is 4.79 Å². The highest BCUT2D eigenvalue weighted by Crippen LogP contribution is 2.38. The maximum atomic E-state index is 12.5. The molecule has 0 fully saturated rings. The maximum Gasteiger partial charge on any atom is 0.231 e. The van der Waals surface area contributed by atoms with Crippen LogP contribution in [0.15, 0.2) is 45.6 Å². The van der Waals surface area contributed by atoms with Crippen LogP contribution in [0.3, 0.4) is 0 Å². The summed E-state index contributed by atoms with van der Waals surface area (Å²) in [5.74, 6) is 2.58. The van der Waals surface area contributed by atoms with E-state index in [-0.39, 0.29) is 12.2 Å². The molecule has 2 aromatic carbocycles. The summed E-state index contributed by atoms with van der Waals surface area (Å²) in [7, 11) is 3.04. The van der Waals surface area contributed by atoms with Gasteiger partial charge in [-0.1, -0.05) is 0 Å². The first-order chi connectivity index (χ1) is 11.7. The van der Waals surface area contributed by atoms with Crippen LogP contribution >= 0.6 is 0 Å². The summed E-state index contributed by atoms with van der Waals surface area (Å²) in [5.41, 5.74) is 0.894. The molecule has 0 atom stereocenters. The molecule has 1 aliphatic rings. The first kappa shape index (κ1) is 14.4. The molecule has 1 aliphatic heterocycles. The molecule has 24 heavy (non-hydrogen) atoms. The molecule has 0 aliphatic carbocycles. The van der Waals surface area contributed by atoms with E-state index in [0.29, 0.717) is 45.3 Å². The van der Waals surface area contributed by atoms with E-state index < -0.39 is 0 Å². The van der Waals surface area contributed by atoms with Crippen molar-refractivity contribution in [3.63, 3.8) is 0 Å². The van der Waals surface area contributed by atoms with Gasteiger partial charge < -0.3 is 23.4 Å². The lowest BCUT2D eigenvalue weighted by Crippen LogP contribution is -2.02. The predicted octanol–water partition coefficient (Wildman–Crippen LogP) is 3.21.